The van der Waals surface area contributed by atoms with Gasteiger partial charge in [-0.1, -0.05) is 42.6 Å². The molecule has 1 amide bonds. The number of benzene rings is 1. The summed E-state index contributed by atoms with van der Waals surface area (Å²) in [7, 11) is 0. The Bertz CT molecular complexity index is 680. The molecule has 0 radical (unpaired) electrons. The lowest BCUT2D eigenvalue weighted by Crippen LogP contribution is -2.51. The minimum Gasteiger partial charge on any atom is -0.344 e. The summed E-state index contributed by atoms with van der Waals surface area (Å²) in [6, 6.07) is 9.14. The summed E-state index contributed by atoms with van der Waals surface area (Å²) in [4.78, 5) is 12.4. The van der Waals surface area contributed by atoms with E-state index in [4.69, 9.17) is 17.3 Å². The van der Waals surface area contributed by atoms with Crippen LogP contribution in [0.2, 0.25) is 5.02 Å². The maximum atomic E-state index is 12.4. The Morgan fingerprint density at radius 3 is 2.70 bits per heavy atom. The zero-order chi connectivity index (χ0) is 15.6. The number of hydrogen-bond acceptors (Lipinski definition) is 3. The Hall–Kier alpha value is -1.56. The van der Waals surface area contributed by atoms with Crippen molar-refractivity contribution in [3.63, 3.8) is 0 Å². The maximum absolute atomic E-state index is 12.4. The van der Waals surface area contributed by atoms with Gasteiger partial charge in [0.1, 0.15) is 5.69 Å². The van der Waals surface area contributed by atoms with Crippen molar-refractivity contribution >= 4 is 29.9 Å². The van der Waals surface area contributed by atoms with Gasteiger partial charge in [0.15, 0.2) is 0 Å². The van der Waals surface area contributed by atoms with E-state index in [0.29, 0.717) is 23.0 Å². The van der Waals surface area contributed by atoms with Crippen molar-refractivity contribution in [2.45, 2.75) is 31.2 Å². The normalized spacial score (nSPS) is 15.9. The van der Waals surface area contributed by atoms with Crippen LogP contribution in [0.15, 0.2) is 30.3 Å². The van der Waals surface area contributed by atoms with Crippen LogP contribution < -0.4 is 11.1 Å². The standard InChI is InChI=1S/C16H19ClN4O.ClH/c17-12-6-2-1-5-11(12)13-9-14(21-20-13)15(22)19-16(10-18)7-3-4-8-16;/h1-2,5-6,9H,3-4,7-8,10,18H2,(H,19,22)(H,20,21);1H. The minimum atomic E-state index is -0.271. The second kappa shape index (κ2) is 7.34. The number of H-pyrrole nitrogens is 1. The van der Waals surface area contributed by atoms with E-state index in [1.807, 2.05) is 18.2 Å². The number of rotatable bonds is 4. The van der Waals surface area contributed by atoms with Gasteiger partial charge in [0.05, 0.1) is 16.3 Å². The topological polar surface area (TPSA) is 83.8 Å². The van der Waals surface area contributed by atoms with Gasteiger partial charge in [-0.3, -0.25) is 9.89 Å². The lowest BCUT2D eigenvalue weighted by Gasteiger charge is -2.28. The molecule has 3 rings (SSSR count). The van der Waals surface area contributed by atoms with Gasteiger partial charge in [0, 0.05) is 12.1 Å². The third-order valence-corrected chi connectivity index (χ3v) is 4.63. The molecule has 1 aromatic carbocycles. The smallest absolute Gasteiger partial charge is 0.269 e. The summed E-state index contributed by atoms with van der Waals surface area (Å²) in [5.74, 6) is -0.168. The third-order valence-electron chi connectivity index (χ3n) is 4.30. The molecule has 23 heavy (non-hydrogen) atoms. The zero-order valence-electron chi connectivity index (χ0n) is 12.6. The van der Waals surface area contributed by atoms with Crippen molar-refractivity contribution in [3.05, 3.63) is 41.0 Å². The van der Waals surface area contributed by atoms with Crippen molar-refractivity contribution in [2.24, 2.45) is 5.73 Å². The molecule has 0 spiro atoms. The molecule has 5 nitrogen and oxygen atoms in total. The molecule has 1 aromatic heterocycles. The van der Waals surface area contributed by atoms with Crippen molar-refractivity contribution in [2.75, 3.05) is 6.54 Å². The molecular weight excluding hydrogens is 335 g/mol. The highest BCUT2D eigenvalue weighted by Gasteiger charge is 2.34. The van der Waals surface area contributed by atoms with Crippen LogP contribution in [0, 0.1) is 0 Å². The van der Waals surface area contributed by atoms with Crippen LogP contribution in [0.4, 0.5) is 0 Å². The second-order valence-electron chi connectivity index (χ2n) is 5.79. The number of nitrogens with one attached hydrogen (secondary N) is 2. The van der Waals surface area contributed by atoms with Gasteiger partial charge in [0.2, 0.25) is 0 Å². The number of halogens is 2. The first kappa shape index (κ1) is 17.8. The fourth-order valence-electron chi connectivity index (χ4n) is 2.99. The van der Waals surface area contributed by atoms with Gasteiger partial charge in [-0.05, 0) is 25.0 Å². The quantitative estimate of drug-likeness (QED) is 0.788. The van der Waals surface area contributed by atoms with E-state index in [1.54, 1.807) is 12.1 Å². The number of carbonyl (C=O) groups excluding carboxylic acids is 1. The van der Waals surface area contributed by atoms with Crippen molar-refractivity contribution in [3.8, 4) is 11.3 Å². The molecule has 124 valence electrons. The highest BCUT2D eigenvalue weighted by atomic mass is 35.5. The molecule has 0 bridgehead atoms. The van der Waals surface area contributed by atoms with Crippen molar-refractivity contribution < 1.29 is 4.79 Å². The van der Waals surface area contributed by atoms with Crippen LogP contribution in [0.3, 0.4) is 0 Å². The van der Waals surface area contributed by atoms with E-state index in [1.165, 1.54) is 0 Å². The van der Waals surface area contributed by atoms with Crippen LogP contribution in [0.1, 0.15) is 36.2 Å². The maximum Gasteiger partial charge on any atom is 0.269 e. The van der Waals surface area contributed by atoms with E-state index in [0.717, 1.165) is 31.2 Å². The Morgan fingerprint density at radius 2 is 2.04 bits per heavy atom. The van der Waals surface area contributed by atoms with Gasteiger partial charge in [-0.15, -0.1) is 12.4 Å². The average molecular weight is 355 g/mol. The van der Waals surface area contributed by atoms with E-state index in [-0.39, 0.29) is 23.9 Å². The fourth-order valence-corrected chi connectivity index (χ4v) is 3.22. The molecule has 1 aliphatic carbocycles. The molecule has 4 N–H and O–H groups in total. The number of carbonyl (C=O) groups is 1. The number of hydrogen-bond donors (Lipinski definition) is 3. The van der Waals surface area contributed by atoms with Crippen LogP contribution in [0.5, 0.6) is 0 Å². The predicted octanol–water partition coefficient (Wildman–Crippen LogP) is 3.15. The minimum absolute atomic E-state index is 0. The van der Waals surface area contributed by atoms with E-state index in [2.05, 4.69) is 15.5 Å². The molecular formula is C16H20Cl2N4O. The number of nitrogens with two attached hydrogens (primary N) is 1. The van der Waals surface area contributed by atoms with E-state index >= 15 is 0 Å². The van der Waals surface area contributed by atoms with Crippen LogP contribution >= 0.6 is 24.0 Å². The van der Waals surface area contributed by atoms with Gasteiger partial charge >= 0.3 is 0 Å². The first-order chi connectivity index (χ1) is 10.6. The van der Waals surface area contributed by atoms with Gasteiger partial charge < -0.3 is 11.1 Å². The fraction of sp³-hybridized carbons (Fsp3) is 0.375. The Labute approximate surface area is 146 Å². The summed E-state index contributed by atoms with van der Waals surface area (Å²) in [5, 5.41) is 10.7. The number of aromatic nitrogens is 2. The van der Waals surface area contributed by atoms with Gasteiger partial charge in [-0.25, -0.2) is 0 Å². The molecule has 1 aliphatic rings. The first-order valence-electron chi connectivity index (χ1n) is 7.46. The van der Waals surface area contributed by atoms with Gasteiger partial charge in [-0.2, -0.15) is 5.10 Å². The molecule has 7 heteroatoms. The molecule has 0 saturated heterocycles. The van der Waals surface area contributed by atoms with Crippen molar-refractivity contribution in [1.29, 1.82) is 0 Å². The summed E-state index contributed by atoms with van der Waals surface area (Å²) < 4.78 is 0. The highest BCUT2D eigenvalue weighted by molar-refractivity contribution is 6.33. The first-order valence-corrected chi connectivity index (χ1v) is 7.84. The SMILES string of the molecule is Cl.NCC1(NC(=O)c2cc(-c3ccccc3Cl)n[nH]2)CCCC1. The van der Waals surface area contributed by atoms with Crippen LogP contribution in [-0.4, -0.2) is 28.2 Å². The van der Waals surface area contributed by atoms with E-state index < -0.39 is 0 Å². The Morgan fingerprint density at radius 1 is 1.35 bits per heavy atom. The largest absolute Gasteiger partial charge is 0.344 e. The average Bonchev–Trinajstić information content (AvgIpc) is 3.17. The Balaban J connectivity index is 0.00000192. The van der Waals surface area contributed by atoms with Crippen LogP contribution in [-0.2, 0) is 0 Å². The van der Waals surface area contributed by atoms with Gasteiger partial charge in [0.25, 0.3) is 5.91 Å². The summed E-state index contributed by atoms with van der Waals surface area (Å²) in [5.41, 5.74) is 7.46. The summed E-state index contributed by atoms with van der Waals surface area (Å²) in [6.07, 6.45) is 4.07. The zero-order valence-corrected chi connectivity index (χ0v) is 14.2. The molecule has 0 atom stereocenters. The van der Waals surface area contributed by atoms with Crippen molar-refractivity contribution in [1.82, 2.24) is 15.5 Å². The lowest BCUT2D eigenvalue weighted by molar-refractivity contribution is 0.0898. The number of amides is 1. The monoisotopic (exact) mass is 354 g/mol. The predicted molar refractivity (Wildman–Crippen MR) is 94.0 cm³/mol. The summed E-state index contributed by atoms with van der Waals surface area (Å²) >= 11 is 6.16. The lowest BCUT2D eigenvalue weighted by atomic mass is 9.97. The van der Waals surface area contributed by atoms with Crippen LogP contribution in [0.25, 0.3) is 11.3 Å². The third kappa shape index (κ3) is 3.68. The molecule has 1 heterocycles. The summed E-state index contributed by atoms with van der Waals surface area (Å²) in [6.45, 7) is 0.463. The second-order valence-corrected chi connectivity index (χ2v) is 6.20. The molecule has 1 fully saturated rings. The van der Waals surface area contributed by atoms with E-state index in [9.17, 15) is 4.79 Å². The molecule has 2 aromatic rings. The number of aromatic amines is 1. The Kier molecular flexibility index (Phi) is 5.68. The molecule has 0 aliphatic heterocycles. The number of nitrogens with zero attached hydrogens (tertiary/aromatic N) is 1. The molecule has 1 saturated carbocycles. The molecule has 0 unspecified atom stereocenters. The highest BCUT2D eigenvalue weighted by Crippen LogP contribution is 2.29.